The fourth-order valence-corrected chi connectivity index (χ4v) is 4.64. The van der Waals surface area contributed by atoms with Gasteiger partial charge in [0.1, 0.15) is 0 Å². The second-order valence-electron chi connectivity index (χ2n) is 5.67. The summed E-state index contributed by atoms with van der Waals surface area (Å²) in [4.78, 5) is 0. The molecular weight excluding hydrogens is 248 g/mol. The molecule has 0 aromatic heterocycles. The summed E-state index contributed by atoms with van der Waals surface area (Å²) in [7, 11) is -3.01. The summed E-state index contributed by atoms with van der Waals surface area (Å²) >= 11 is 0. The van der Waals surface area contributed by atoms with Crippen LogP contribution in [-0.4, -0.2) is 44.2 Å². The Morgan fingerprint density at radius 2 is 2.11 bits per heavy atom. The molecule has 2 saturated heterocycles. The molecule has 0 aromatic rings. The van der Waals surface area contributed by atoms with Crippen molar-refractivity contribution in [2.24, 2.45) is 5.92 Å². The Morgan fingerprint density at radius 3 is 2.72 bits per heavy atom. The van der Waals surface area contributed by atoms with Gasteiger partial charge in [-0.1, -0.05) is 19.8 Å². The molecule has 0 aliphatic carbocycles. The van der Waals surface area contributed by atoms with Gasteiger partial charge in [-0.25, -0.2) is 12.7 Å². The molecule has 2 aliphatic rings. The molecule has 0 saturated carbocycles. The average molecular weight is 274 g/mol. The van der Waals surface area contributed by atoms with Crippen molar-refractivity contribution in [3.63, 3.8) is 0 Å². The highest BCUT2D eigenvalue weighted by Gasteiger charge is 2.30. The normalized spacial score (nSPS) is 30.7. The number of hydrogen-bond donors (Lipinski definition) is 1. The summed E-state index contributed by atoms with van der Waals surface area (Å²) in [6, 6.07) is 0.415. The van der Waals surface area contributed by atoms with Crippen molar-refractivity contribution in [3.8, 4) is 0 Å². The molecule has 2 heterocycles. The highest BCUT2D eigenvalue weighted by atomic mass is 32.2. The fraction of sp³-hybridized carbons (Fsp3) is 1.00. The third-order valence-corrected chi connectivity index (χ3v) is 6.23. The van der Waals surface area contributed by atoms with E-state index in [0.29, 0.717) is 17.7 Å². The zero-order valence-corrected chi connectivity index (χ0v) is 12.2. The van der Waals surface area contributed by atoms with Crippen LogP contribution in [0.2, 0.25) is 0 Å². The molecule has 0 amide bonds. The minimum Gasteiger partial charge on any atom is -0.314 e. The SMILES string of the molecule is CCC1CCN(S(=O)(=O)CCC2CCCCN2)C1. The molecule has 0 aromatic carbocycles. The molecule has 18 heavy (non-hydrogen) atoms. The van der Waals surface area contributed by atoms with Crippen molar-refractivity contribution in [1.82, 2.24) is 9.62 Å². The summed E-state index contributed by atoms with van der Waals surface area (Å²) in [5.74, 6) is 0.897. The Bertz CT molecular complexity index is 350. The van der Waals surface area contributed by atoms with E-state index in [-0.39, 0.29) is 0 Å². The number of nitrogens with one attached hydrogen (secondary N) is 1. The summed E-state index contributed by atoms with van der Waals surface area (Å²) in [6.45, 7) is 4.68. The van der Waals surface area contributed by atoms with Crippen LogP contribution in [0.1, 0.15) is 45.4 Å². The van der Waals surface area contributed by atoms with Crippen molar-refractivity contribution in [2.75, 3.05) is 25.4 Å². The van der Waals surface area contributed by atoms with Gasteiger partial charge in [-0.3, -0.25) is 0 Å². The zero-order valence-electron chi connectivity index (χ0n) is 11.4. The van der Waals surface area contributed by atoms with Gasteiger partial charge in [0.25, 0.3) is 0 Å². The zero-order chi connectivity index (χ0) is 13.0. The number of piperidine rings is 1. The number of nitrogens with zero attached hydrogens (tertiary/aromatic N) is 1. The van der Waals surface area contributed by atoms with Gasteiger partial charge >= 0.3 is 0 Å². The van der Waals surface area contributed by atoms with Gasteiger partial charge in [0.2, 0.25) is 10.0 Å². The van der Waals surface area contributed by atoms with E-state index in [9.17, 15) is 8.42 Å². The lowest BCUT2D eigenvalue weighted by molar-refractivity contribution is 0.388. The molecule has 0 bridgehead atoms. The Labute approximate surface area is 111 Å². The van der Waals surface area contributed by atoms with E-state index in [4.69, 9.17) is 0 Å². The minimum atomic E-state index is -3.01. The van der Waals surface area contributed by atoms with E-state index in [1.54, 1.807) is 4.31 Å². The molecule has 0 spiro atoms. The quantitative estimate of drug-likeness (QED) is 0.828. The maximum absolute atomic E-state index is 12.2. The topological polar surface area (TPSA) is 49.4 Å². The van der Waals surface area contributed by atoms with Crippen LogP contribution in [0.3, 0.4) is 0 Å². The summed E-state index contributed by atoms with van der Waals surface area (Å²) in [6.07, 6.45) is 6.50. The fourth-order valence-electron chi connectivity index (χ4n) is 2.97. The van der Waals surface area contributed by atoms with E-state index in [2.05, 4.69) is 12.2 Å². The second kappa shape index (κ2) is 6.35. The van der Waals surface area contributed by atoms with Crippen molar-refractivity contribution < 1.29 is 8.42 Å². The van der Waals surface area contributed by atoms with E-state index >= 15 is 0 Å². The highest BCUT2D eigenvalue weighted by Crippen LogP contribution is 2.23. The van der Waals surface area contributed by atoms with Crippen LogP contribution in [0.15, 0.2) is 0 Å². The molecular formula is C13H26N2O2S. The van der Waals surface area contributed by atoms with Crippen LogP contribution in [0, 0.1) is 5.92 Å². The minimum absolute atomic E-state index is 0.321. The number of sulfonamides is 1. The first-order chi connectivity index (χ1) is 8.62. The predicted octanol–water partition coefficient (Wildman–Crippen LogP) is 1.58. The van der Waals surface area contributed by atoms with Crippen LogP contribution < -0.4 is 5.32 Å². The predicted molar refractivity (Wildman–Crippen MR) is 74.0 cm³/mol. The van der Waals surface area contributed by atoms with Crippen molar-refractivity contribution >= 4 is 10.0 Å². The Balaban J connectivity index is 1.80. The Morgan fingerprint density at radius 1 is 1.28 bits per heavy atom. The third-order valence-electron chi connectivity index (χ3n) is 4.36. The summed E-state index contributed by atoms with van der Waals surface area (Å²) < 4.78 is 26.2. The van der Waals surface area contributed by atoms with Gasteiger partial charge in [0.05, 0.1) is 5.75 Å². The highest BCUT2D eigenvalue weighted by molar-refractivity contribution is 7.89. The Kier molecular flexibility index (Phi) is 5.04. The van der Waals surface area contributed by atoms with Crippen molar-refractivity contribution in [3.05, 3.63) is 0 Å². The first-order valence-electron chi connectivity index (χ1n) is 7.33. The van der Waals surface area contributed by atoms with E-state index < -0.39 is 10.0 Å². The summed E-state index contributed by atoms with van der Waals surface area (Å²) in [5, 5.41) is 3.42. The lowest BCUT2D eigenvalue weighted by Gasteiger charge is -2.24. The third kappa shape index (κ3) is 3.68. The smallest absolute Gasteiger partial charge is 0.214 e. The molecule has 0 radical (unpaired) electrons. The molecule has 106 valence electrons. The first-order valence-corrected chi connectivity index (χ1v) is 8.94. The number of rotatable bonds is 5. The standard InChI is InChI=1S/C13H26N2O2S/c1-2-12-6-9-15(11-12)18(16,17)10-7-13-5-3-4-8-14-13/h12-14H,2-11H2,1H3. The monoisotopic (exact) mass is 274 g/mol. The maximum Gasteiger partial charge on any atom is 0.214 e. The molecule has 2 atom stereocenters. The van der Waals surface area contributed by atoms with Crippen LogP contribution in [-0.2, 0) is 10.0 Å². The molecule has 1 N–H and O–H groups in total. The molecule has 2 unspecified atom stereocenters. The van der Waals surface area contributed by atoms with Gasteiger partial charge in [-0.05, 0) is 38.1 Å². The largest absolute Gasteiger partial charge is 0.314 e. The van der Waals surface area contributed by atoms with E-state index in [1.807, 2.05) is 0 Å². The van der Waals surface area contributed by atoms with Gasteiger partial charge < -0.3 is 5.32 Å². The molecule has 2 fully saturated rings. The van der Waals surface area contributed by atoms with Crippen molar-refractivity contribution in [2.45, 2.75) is 51.5 Å². The molecule has 2 rings (SSSR count). The van der Waals surface area contributed by atoms with Crippen LogP contribution in [0.4, 0.5) is 0 Å². The maximum atomic E-state index is 12.2. The number of hydrogen-bond acceptors (Lipinski definition) is 3. The van der Waals surface area contributed by atoms with E-state index in [1.165, 1.54) is 12.8 Å². The van der Waals surface area contributed by atoms with Gasteiger partial charge in [0.15, 0.2) is 0 Å². The van der Waals surface area contributed by atoms with Gasteiger partial charge in [0, 0.05) is 19.1 Å². The lowest BCUT2D eigenvalue weighted by atomic mass is 10.0. The Hall–Kier alpha value is -0.130. The average Bonchev–Trinajstić information content (AvgIpc) is 2.87. The van der Waals surface area contributed by atoms with Crippen LogP contribution in [0.5, 0.6) is 0 Å². The van der Waals surface area contributed by atoms with Crippen LogP contribution in [0.25, 0.3) is 0 Å². The molecule has 4 nitrogen and oxygen atoms in total. The first kappa shape index (κ1) is 14.3. The molecule has 2 aliphatic heterocycles. The summed E-state index contributed by atoms with van der Waals surface area (Å²) in [5.41, 5.74) is 0. The second-order valence-corrected chi connectivity index (χ2v) is 7.76. The van der Waals surface area contributed by atoms with Gasteiger partial charge in [-0.15, -0.1) is 0 Å². The van der Waals surface area contributed by atoms with Gasteiger partial charge in [-0.2, -0.15) is 0 Å². The van der Waals surface area contributed by atoms with Crippen LogP contribution >= 0.6 is 0 Å². The lowest BCUT2D eigenvalue weighted by Crippen LogP contribution is -2.38. The van der Waals surface area contributed by atoms with E-state index in [0.717, 1.165) is 45.3 Å². The molecule has 5 heteroatoms. The van der Waals surface area contributed by atoms with Crippen molar-refractivity contribution in [1.29, 1.82) is 0 Å².